The van der Waals surface area contributed by atoms with E-state index in [2.05, 4.69) is 9.88 Å². The van der Waals surface area contributed by atoms with Gasteiger partial charge in [-0.1, -0.05) is 0 Å². The number of anilines is 2. The molecule has 0 bridgehead atoms. The number of fused-ring (bicyclic) bond motifs is 1. The minimum absolute atomic E-state index is 0.0355. The molecule has 136 valence electrons. The minimum Gasteiger partial charge on any atom is -0.506 e. The third kappa shape index (κ3) is 3.04. The number of nitrogen functional groups attached to an aromatic ring is 1. The van der Waals surface area contributed by atoms with Gasteiger partial charge in [-0.15, -0.1) is 11.6 Å². The number of hydrogen-bond acceptors (Lipinski definition) is 4. The number of halogens is 1. The number of nitrogens with two attached hydrogens (primary N) is 1. The van der Waals surface area contributed by atoms with Crippen LogP contribution in [0.3, 0.4) is 0 Å². The summed E-state index contributed by atoms with van der Waals surface area (Å²) in [4.78, 5) is 11.6. The third-order valence-corrected chi connectivity index (χ3v) is 4.54. The second kappa shape index (κ2) is 7.17. The SMILES string of the molecule is CCn1c(-c2ccc(O)c(NC(=O)CCl)c2)c(N)c2ccc(OC)cc21. The lowest BCUT2D eigenvalue weighted by Gasteiger charge is -2.12. The highest BCUT2D eigenvalue weighted by Gasteiger charge is 2.18. The molecule has 4 N–H and O–H groups in total. The molecule has 6 nitrogen and oxygen atoms in total. The minimum atomic E-state index is -0.395. The molecule has 1 heterocycles. The molecule has 3 rings (SSSR count). The first-order valence-corrected chi connectivity index (χ1v) is 8.68. The van der Waals surface area contributed by atoms with E-state index in [1.807, 2.05) is 25.1 Å². The highest BCUT2D eigenvalue weighted by molar-refractivity contribution is 6.29. The molecule has 0 atom stereocenters. The summed E-state index contributed by atoms with van der Waals surface area (Å²) in [5.74, 6) is 0.123. The number of ether oxygens (including phenoxy) is 1. The van der Waals surface area contributed by atoms with Crippen LogP contribution in [0.15, 0.2) is 36.4 Å². The van der Waals surface area contributed by atoms with Crippen molar-refractivity contribution >= 4 is 39.8 Å². The second-order valence-electron chi connectivity index (χ2n) is 5.80. The van der Waals surface area contributed by atoms with Gasteiger partial charge < -0.3 is 25.5 Å². The Morgan fingerprint density at radius 1 is 1.31 bits per heavy atom. The van der Waals surface area contributed by atoms with Crippen LogP contribution >= 0.6 is 11.6 Å². The lowest BCUT2D eigenvalue weighted by molar-refractivity contribution is -0.113. The number of nitrogens with one attached hydrogen (secondary N) is 1. The number of methoxy groups -OCH3 is 1. The van der Waals surface area contributed by atoms with E-state index in [-0.39, 0.29) is 17.3 Å². The summed E-state index contributed by atoms with van der Waals surface area (Å²) >= 11 is 5.54. The highest BCUT2D eigenvalue weighted by Crippen LogP contribution is 2.39. The highest BCUT2D eigenvalue weighted by atomic mass is 35.5. The molecule has 1 aromatic heterocycles. The van der Waals surface area contributed by atoms with Gasteiger partial charge in [0.1, 0.15) is 17.4 Å². The van der Waals surface area contributed by atoms with Crippen LogP contribution in [0.4, 0.5) is 11.4 Å². The summed E-state index contributed by atoms with van der Waals surface area (Å²) in [6.07, 6.45) is 0. The molecule has 26 heavy (non-hydrogen) atoms. The Labute approximate surface area is 156 Å². The van der Waals surface area contributed by atoms with Gasteiger partial charge in [-0.3, -0.25) is 4.79 Å². The first-order chi connectivity index (χ1) is 12.5. The number of hydrogen-bond donors (Lipinski definition) is 3. The molecular formula is C19H20ClN3O3. The van der Waals surface area contributed by atoms with Crippen molar-refractivity contribution in [2.24, 2.45) is 0 Å². The van der Waals surface area contributed by atoms with Crippen LogP contribution in [0.5, 0.6) is 11.5 Å². The Hall–Kier alpha value is -2.86. The zero-order chi connectivity index (χ0) is 18.8. The van der Waals surface area contributed by atoms with Gasteiger partial charge >= 0.3 is 0 Å². The normalized spacial score (nSPS) is 10.9. The number of aromatic nitrogens is 1. The van der Waals surface area contributed by atoms with Gasteiger partial charge in [0.05, 0.1) is 29.7 Å². The lowest BCUT2D eigenvalue weighted by atomic mass is 10.1. The molecule has 0 unspecified atom stereocenters. The average molecular weight is 374 g/mol. The van der Waals surface area contributed by atoms with E-state index in [4.69, 9.17) is 22.1 Å². The largest absolute Gasteiger partial charge is 0.506 e. The number of rotatable bonds is 5. The van der Waals surface area contributed by atoms with E-state index < -0.39 is 5.91 Å². The Balaban J connectivity index is 2.20. The summed E-state index contributed by atoms with van der Waals surface area (Å²) in [7, 11) is 1.62. The van der Waals surface area contributed by atoms with Crippen molar-refractivity contribution in [2.75, 3.05) is 24.0 Å². The lowest BCUT2D eigenvalue weighted by Crippen LogP contribution is -2.12. The zero-order valence-electron chi connectivity index (χ0n) is 14.5. The zero-order valence-corrected chi connectivity index (χ0v) is 15.3. The fourth-order valence-corrected chi connectivity index (χ4v) is 3.16. The number of nitrogens with zero attached hydrogens (tertiary/aromatic N) is 1. The average Bonchev–Trinajstić information content (AvgIpc) is 2.94. The smallest absolute Gasteiger partial charge is 0.239 e. The molecule has 0 fully saturated rings. The molecule has 0 radical (unpaired) electrons. The van der Waals surface area contributed by atoms with Crippen molar-refractivity contribution in [3.8, 4) is 22.8 Å². The van der Waals surface area contributed by atoms with Gasteiger partial charge in [0.2, 0.25) is 5.91 Å². The third-order valence-electron chi connectivity index (χ3n) is 4.29. The molecule has 1 amide bonds. The van der Waals surface area contributed by atoms with Crippen molar-refractivity contribution in [1.82, 2.24) is 4.57 Å². The number of aromatic hydroxyl groups is 1. The number of alkyl halides is 1. The van der Waals surface area contributed by atoms with Crippen LogP contribution in [-0.2, 0) is 11.3 Å². The number of carbonyl (C=O) groups excluding carboxylic acids is 1. The van der Waals surface area contributed by atoms with Crippen LogP contribution in [0.1, 0.15) is 6.92 Å². The number of phenolic OH excluding ortho intramolecular Hbond substituents is 1. The van der Waals surface area contributed by atoms with Gasteiger partial charge in [-0.2, -0.15) is 0 Å². The van der Waals surface area contributed by atoms with E-state index in [9.17, 15) is 9.90 Å². The Kier molecular flexibility index (Phi) is 4.95. The maximum atomic E-state index is 11.6. The fourth-order valence-electron chi connectivity index (χ4n) is 3.09. The predicted molar refractivity (Wildman–Crippen MR) is 105 cm³/mol. The molecule has 0 aliphatic heterocycles. The molecular weight excluding hydrogens is 354 g/mol. The van der Waals surface area contributed by atoms with Crippen molar-refractivity contribution < 1.29 is 14.6 Å². The van der Waals surface area contributed by atoms with Crippen LogP contribution < -0.4 is 15.8 Å². The molecule has 2 aromatic carbocycles. The van der Waals surface area contributed by atoms with E-state index >= 15 is 0 Å². The number of aryl methyl sites for hydroxylation is 1. The quantitative estimate of drug-likeness (QED) is 0.468. The van der Waals surface area contributed by atoms with Crippen LogP contribution in [-0.4, -0.2) is 28.6 Å². The Morgan fingerprint density at radius 3 is 2.73 bits per heavy atom. The van der Waals surface area contributed by atoms with Gasteiger partial charge in [-0.05, 0) is 37.3 Å². The van der Waals surface area contributed by atoms with E-state index in [1.165, 1.54) is 6.07 Å². The summed E-state index contributed by atoms with van der Waals surface area (Å²) in [6, 6.07) is 10.7. The van der Waals surface area contributed by atoms with Crippen LogP contribution in [0.2, 0.25) is 0 Å². The van der Waals surface area contributed by atoms with Crippen molar-refractivity contribution in [1.29, 1.82) is 0 Å². The molecule has 0 aliphatic carbocycles. The van der Waals surface area contributed by atoms with Gasteiger partial charge in [0, 0.05) is 23.6 Å². The van der Waals surface area contributed by atoms with Crippen molar-refractivity contribution in [3.05, 3.63) is 36.4 Å². The van der Waals surface area contributed by atoms with Crippen molar-refractivity contribution in [3.63, 3.8) is 0 Å². The second-order valence-corrected chi connectivity index (χ2v) is 6.07. The molecule has 3 aromatic rings. The van der Waals surface area contributed by atoms with Crippen LogP contribution in [0.25, 0.3) is 22.2 Å². The monoisotopic (exact) mass is 373 g/mol. The first kappa shape index (κ1) is 17.9. The topological polar surface area (TPSA) is 89.5 Å². The molecule has 0 spiro atoms. The maximum absolute atomic E-state index is 11.6. The Bertz CT molecular complexity index is 982. The van der Waals surface area contributed by atoms with Crippen molar-refractivity contribution in [2.45, 2.75) is 13.5 Å². The summed E-state index contributed by atoms with van der Waals surface area (Å²) < 4.78 is 7.40. The standard InChI is InChI=1S/C19H20ClN3O3/c1-3-23-15-9-12(26-2)5-6-13(15)18(21)19(23)11-4-7-16(24)14(8-11)22-17(25)10-20/h4-9,24H,3,10,21H2,1-2H3,(H,22,25). The van der Waals surface area contributed by atoms with Gasteiger partial charge in [0.15, 0.2) is 0 Å². The van der Waals surface area contributed by atoms with Gasteiger partial charge in [0.25, 0.3) is 0 Å². The van der Waals surface area contributed by atoms with E-state index in [0.717, 1.165) is 27.9 Å². The molecule has 0 saturated carbocycles. The summed E-state index contributed by atoms with van der Waals surface area (Å²) in [5.41, 5.74) is 9.89. The Morgan fingerprint density at radius 2 is 2.08 bits per heavy atom. The maximum Gasteiger partial charge on any atom is 0.239 e. The summed E-state index contributed by atoms with van der Waals surface area (Å²) in [5, 5.41) is 13.5. The number of amides is 1. The molecule has 0 aliphatic rings. The predicted octanol–water partition coefficient (Wildman–Crippen LogP) is 3.80. The fraction of sp³-hybridized carbons (Fsp3) is 0.211. The number of phenols is 1. The van der Waals surface area contributed by atoms with Crippen LogP contribution in [0, 0.1) is 0 Å². The van der Waals surface area contributed by atoms with E-state index in [0.29, 0.717) is 12.2 Å². The molecule has 0 saturated heterocycles. The number of benzene rings is 2. The number of carbonyl (C=O) groups is 1. The van der Waals surface area contributed by atoms with E-state index in [1.54, 1.807) is 19.2 Å². The van der Waals surface area contributed by atoms with Gasteiger partial charge in [-0.25, -0.2) is 0 Å². The first-order valence-electron chi connectivity index (χ1n) is 8.15. The summed E-state index contributed by atoms with van der Waals surface area (Å²) in [6.45, 7) is 2.72. The molecule has 7 heteroatoms.